The fourth-order valence-electron chi connectivity index (χ4n) is 2.82. The predicted octanol–water partition coefficient (Wildman–Crippen LogP) is 3.83. The monoisotopic (exact) mass is 392 g/mol. The van der Waals surface area contributed by atoms with Crippen molar-refractivity contribution in [2.45, 2.75) is 13.3 Å². The molecule has 2 aromatic carbocycles. The number of hydrogen-bond donors (Lipinski definition) is 2. The van der Waals surface area contributed by atoms with Crippen LogP contribution in [0.15, 0.2) is 54.7 Å². The molecule has 0 spiro atoms. The van der Waals surface area contributed by atoms with Gasteiger partial charge in [-0.05, 0) is 61.4 Å². The first kappa shape index (κ1) is 20.1. The lowest BCUT2D eigenvalue weighted by Crippen LogP contribution is -2.30. The Morgan fingerprint density at radius 3 is 2.45 bits per heavy atom. The third-order valence-electron chi connectivity index (χ3n) is 4.34. The number of amides is 2. The first-order valence-electron chi connectivity index (χ1n) is 9.25. The summed E-state index contributed by atoms with van der Waals surface area (Å²) in [6.45, 7) is 2.42. The number of hydrogen-bond acceptors (Lipinski definition) is 5. The van der Waals surface area contributed by atoms with E-state index in [2.05, 4.69) is 20.6 Å². The van der Waals surface area contributed by atoms with Crippen molar-refractivity contribution in [3.63, 3.8) is 0 Å². The summed E-state index contributed by atoms with van der Waals surface area (Å²) in [5, 5.41) is 5.68. The fraction of sp³-hybridized carbons (Fsp3) is 0.227. The molecule has 29 heavy (non-hydrogen) atoms. The molecule has 0 radical (unpaired) electrons. The molecule has 1 heterocycles. The van der Waals surface area contributed by atoms with Crippen molar-refractivity contribution < 1.29 is 14.3 Å². The van der Waals surface area contributed by atoms with Crippen molar-refractivity contribution in [3.05, 3.63) is 66.0 Å². The molecule has 0 fully saturated rings. The topological polar surface area (TPSA) is 85.4 Å². The number of ether oxygens (including phenoxy) is 2. The molecule has 7 nitrogen and oxygen atoms in total. The van der Waals surface area contributed by atoms with E-state index < -0.39 is 0 Å². The van der Waals surface area contributed by atoms with Crippen LogP contribution in [0.2, 0.25) is 0 Å². The van der Waals surface area contributed by atoms with E-state index in [9.17, 15) is 4.79 Å². The molecule has 0 atom stereocenters. The van der Waals surface area contributed by atoms with Crippen LogP contribution in [0.1, 0.15) is 11.3 Å². The Bertz CT molecular complexity index is 974. The van der Waals surface area contributed by atoms with Gasteiger partial charge in [0.25, 0.3) is 0 Å². The van der Waals surface area contributed by atoms with Crippen LogP contribution in [0.4, 0.5) is 10.5 Å². The highest BCUT2D eigenvalue weighted by Crippen LogP contribution is 2.27. The molecule has 2 amide bonds. The van der Waals surface area contributed by atoms with Crippen LogP contribution in [0.25, 0.3) is 11.4 Å². The van der Waals surface area contributed by atoms with Crippen molar-refractivity contribution in [2.75, 3.05) is 26.1 Å². The van der Waals surface area contributed by atoms with Gasteiger partial charge < -0.3 is 20.1 Å². The lowest BCUT2D eigenvalue weighted by molar-refractivity contribution is 0.252. The molecule has 7 heteroatoms. The fourth-order valence-corrected chi connectivity index (χ4v) is 2.82. The van der Waals surface area contributed by atoms with E-state index in [1.807, 2.05) is 55.5 Å². The van der Waals surface area contributed by atoms with Crippen molar-refractivity contribution in [1.29, 1.82) is 0 Å². The van der Waals surface area contributed by atoms with Gasteiger partial charge in [0.1, 0.15) is 0 Å². The Kier molecular flexibility index (Phi) is 6.63. The van der Waals surface area contributed by atoms with E-state index in [-0.39, 0.29) is 6.03 Å². The second-order valence-electron chi connectivity index (χ2n) is 6.42. The van der Waals surface area contributed by atoms with E-state index in [1.54, 1.807) is 20.4 Å². The number of nitrogens with one attached hydrogen (secondary N) is 2. The molecular weight excluding hydrogens is 368 g/mol. The Morgan fingerprint density at radius 2 is 1.76 bits per heavy atom. The molecule has 1 aromatic heterocycles. The Balaban J connectivity index is 1.51. The van der Waals surface area contributed by atoms with Gasteiger partial charge >= 0.3 is 6.03 Å². The molecule has 3 aromatic rings. The minimum absolute atomic E-state index is 0.259. The number of methoxy groups -OCH3 is 2. The Morgan fingerprint density at radius 1 is 1.00 bits per heavy atom. The minimum Gasteiger partial charge on any atom is -0.493 e. The first-order chi connectivity index (χ1) is 14.1. The van der Waals surface area contributed by atoms with E-state index in [4.69, 9.17) is 9.47 Å². The zero-order chi connectivity index (χ0) is 20.6. The van der Waals surface area contributed by atoms with Gasteiger partial charge in [-0.2, -0.15) is 0 Å². The summed E-state index contributed by atoms with van der Waals surface area (Å²) in [6.07, 6.45) is 2.41. The van der Waals surface area contributed by atoms with Gasteiger partial charge in [-0.15, -0.1) is 0 Å². The number of benzene rings is 2. The number of carbonyl (C=O) groups excluding carboxylic acids is 1. The maximum Gasteiger partial charge on any atom is 0.319 e. The number of carbonyl (C=O) groups is 1. The maximum atomic E-state index is 12.1. The zero-order valence-electron chi connectivity index (χ0n) is 16.7. The summed E-state index contributed by atoms with van der Waals surface area (Å²) in [6, 6.07) is 14.7. The van der Waals surface area contributed by atoms with E-state index in [1.165, 1.54) is 0 Å². The maximum absolute atomic E-state index is 12.1. The average Bonchev–Trinajstić information content (AvgIpc) is 2.74. The number of anilines is 1. The number of rotatable bonds is 7. The van der Waals surface area contributed by atoms with Crippen molar-refractivity contribution >= 4 is 11.7 Å². The lowest BCUT2D eigenvalue weighted by atomic mass is 10.1. The van der Waals surface area contributed by atoms with Gasteiger partial charge in [0.05, 0.1) is 14.2 Å². The quantitative estimate of drug-likeness (QED) is 0.638. The number of urea groups is 1. The van der Waals surface area contributed by atoms with Crippen LogP contribution in [0.5, 0.6) is 11.5 Å². The van der Waals surface area contributed by atoms with Gasteiger partial charge in [0.2, 0.25) is 0 Å². The van der Waals surface area contributed by atoms with Crippen LogP contribution in [0, 0.1) is 6.92 Å². The second kappa shape index (κ2) is 9.54. The van der Waals surface area contributed by atoms with Gasteiger partial charge in [-0.1, -0.05) is 6.07 Å². The van der Waals surface area contributed by atoms with Crippen LogP contribution in [-0.2, 0) is 6.42 Å². The second-order valence-corrected chi connectivity index (χ2v) is 6.42. The number of nitrogens with zero attached hydrogens (tertiary/aromatic N) is 2. The molecular formula is C22H24N4O3. The molecule has 0 unspecified atom stereocenters. The summed E-state index contributed by atoms with van der Waals surface area (Å²) in [5.41, 5.74) is 3.55. The SMILES string of the molecule is COc1ccc(CCNC(=O)Nc2ccc(-c3nccc(C)n3)cc2)cc1OC. The van der Waals surface area contributed by atoms with Crippen LogP contribution in [-0.4, -0.2) is 36.8 Å². The molecule has 0 aliphatic heterocycles. The van der Waals surface area contributed by atoms with Crippen molar-refractivity contribution in [2.24, 2.45) is 0 Å². The first-order valence-corrected chi connectivity index (χ1v) is 9.25. The van der Waals surface area contributed by atoms with Crippen molar-refractivity contribution in [3.8, 4) is 22.9 Å². The molecule has 0 saturated heterocycles. The number of aromatic nitrogens is 2. The molecule has 0 aliphatic rings. The summed E-state index contributed by atoms with van der Waals surface area (Å²) < 4.78 is 10.5. The third-order valence-corrected chi connectivity index (χ3v) is 4.34. The van der Waals surface area contributed by atoms with Gasteiger partial charge in [0.15, 0.2) is 17.3 Å². The van der Waals surface area contributed by atoms with Crippen molar-refractivity contribution in [1.82, 2.24) is 15.3 Å². The molecule has 0 aliphatic carbocycles. The molecule has 3 rings (SSSR count). The van der Waals surface area contributed by atoms with Crippen LogP contribution in [0.3, 0.4) is 0 Å². The highest BCUT2D eigenvalue weighted by Gasteiger charge is 2.06. The van der Waals surface area contributed by atoms with E-state index in [0.717, 1.165) is 16.8 Å². The predicted molar refractivity (Wildman–Crippen MR) is 112 cm³/mol. The standard InChI is InChI=1S/C22H24N4O3/c1-15-10-12-23-21(25-15)17-5-7-18(8-6-17)26-22(27)24-13-11-16-4-9-19(28-2)20(14-16)29-3/h4-10,12,14H,11,13H2,1-3H3,(H2,24,26,27). The minimum atomic E-state index is -0.259. The normalized spacial score (nSPS) is 10.3. The average molecular weight is 392 g/mol. The van der Waals surface area contributed by atoms with E-state index >= 15 is 0 Å². The van der Waals surface area contributed by atoms with E-state index in [0.29, 0.717) is 36.0 Å². The zero-order valence-corrected chi connectivity index (χ0v) is 16.7. The summed E-state index contributed by atoms with van der Waals surface area (Å²) in [7, 11) is 3.20. The summed E-state index contributed by atoms with van der Waals surface area (Å²) >= 11 is 0. The highest BCUT2D eigenvalue weighted by molar-refractivity contribution is 5.89. The third kappa shape index (κ3) is 5.44. The molecule has 0 saturated carbocycles. The largest absolute Gasteiger partial charge is 0.493 e. The lowest BCUT2D eigenvalue weighted by Gasteiger charge is -2.11. The van der Waals surface area contributed by atoms with Gasteiger partial charge in [0, 0.05) is 29.7 Å². The van der Waals surface area contributed by atoms with Crippen LogP contribution < -0.4 is 20.1 Å². The number of aryl methyl sites for hydroxylation is 1. The molecule has 150 valence electrons. The molecule has 0 bridgehead atoms. The summed E-state index contributed by atoms with van der Waals surface area (Å²) in [5.74, 6) is 2.02. The Hall–Kier alpha value is -3.61. The van der Waals surface area contributed by atoms with Crippen LogP contribution >= 0.6 is 0 Å². The Labute approximate surface area is 170 Å². The van der Waals surface area contributed by atoms with Gasteiger partial charge in [-0.25, -0.2) is 14.8 Å². The van der Waals surface area contributed by atoms with Gasteiger partial charge in [-0.3, -0.25) is 0 Å². The molecule has 2 N–H and O–H groups in total. The smallest absolute Gasteiger partial charge is 0.319 e. The highest BCUT2D eigenvalue weighted by atomic mass is 16.5. The summed E-state index contributed by atoms with van der Waals surface area (Å²) in [4.78, 5) is 20.8.